The maximum atomic E-state index is 12.8. The highest BCUT2D eigenvalue weighted by Crippen LogP contribution is 2.30. The zero-order chi connectivity index (χ0) is 15.0. The van der Waals surface area contributed by atoms with Crippen molar-refractivity contribution in [3.63, 3.8) is 0 Å². The Kier molecular flexibility index (Phi) is 4.31. The van der Waals surface area contributed by atoms with Crippen molar-refractivity contribution in [3.05, 3.63) is 16.1 Å². The molecule has 2 fully saturated rings. The number of hydrogen-bond acceptors (Lipinski definition) is 4. The lowest BCUT2D eigenvalue weighted by molar-refractivity contribution is 0.0659. The number of thiazole rings is 1. The first-order valence-corrected chi connectivity index (χ1v) is 8.92. The van der Waals surface area contributed by atoms with Crippen LogP contribution in [-0.2, 0) is 0 Å². The quantitative estimate of drug-likeness (QED) is 0.861. The van der Waals surface area contributed by atoms with Crippen molar-refractivity contribution in [1.29, 1.82) is 0 Å². The van der Waals surface area contributed by atoms with E-state index in [0.717, 1.165) is 30.9 Å². The fourth-order valence-corrected chi connectivity index (χ4v) is 4.47. The monoisotopic (exact) mass is 307 g/mol. The molecule has 21 heavy (non-hydrogen) atoms. The second-order valence-corrected chi connectivity index (χ2v) is 7.51. The Hall–Kier alpha value is -0.940. The van der Waals surface area contributed by atoms with Crippen LogP contribution in [0.15, 0.2) is 5.38 Å². The third-order valence-electron chi connectivity index (χ3n) is 4.82. The molecule has 2 unspecified atom stereocenters. The van der Waals surface area contributed by atoms with Crippen molar-refractivity contribution in [1.82, 2.24) is 14.8 Å². The van der Waals surface area contributed by atoms with Crippen LogP contribution in [0.5, 0.6) is 0 Å². The zero-order valence-electron chi connectivity index (χ0n) is 13.2. The second kappa shape index (κ2) is 6.05. The van der Waals surface area contributed by atoms with Crippen LogP contribution >= 0.6 is 11.3 Å². The Morgan fingerprint density at radius 2 is 2.00 bits per heavy atom. The lowest BCUT2D eigenvalue weighted by Gasteiger charge is -2.32. The van der Waals surface area contributed by atoms with Crippen LogP contribution in [-0.4, -0.2) is 52.9 Å². The largest absolute Gasteiger partial charge is 0.333 e. The third-order valence-corrected chi connectivity index (χ3v) is 5.96. The highest BCUT2D eigenvalue weighted by atomic mass is 32.1. The molecule has 0 aromatic carbocycles. The van der Waals surface area contributed by atoms with Gasteiger partial charge in [0, 0.05) is 29.9 Å². The fraction of sp³-hybridized carbons (Fsp3) is 0.750. The van der Waals surface area contributed by atoms with Crippen LogP contribution in [0.25, 0.3) is 0 Å². The van der Waals surface area contributed by atoms with E-state index in [2.05, 4.69) is 35.7 Å². The van der Waals surface area contributed by atoms with Crippen LogP contribution in [0.4, 0.5) is 0 Å². The molecule has 1 amide bonds. The summed E-state index contributed by atoms with van der Waals surface area (Å²) in [6.45, 7) is 6.30. The molecule has 2 aliphatic heterocycles. The number of carbonyl (C=O) groups is 1. The molecule has 3 rings (SSSR count). The molecule has 0 spiro atoms. The smallest absolute Gasteiger partial charge is 0.273 e. The lowest BCUT2D eigenvalue weighted by Crippen LogP contribution is -2.47. The number of hydrogen-bond donors (Lipinski definition) is 0. The zero-order valence-corrected chi connectivity index (χ0v) is 14.0. The van der Waals surface area contributed by atoms with E-state index >= 15 is 0 Å². The summed E-state index contributed by atoms with van der Waals surface area (Å²) in [7, 11) is 2.19. The minimum absolute atomic E-state index is 0.140. The van der Waals surface area contributed by atoms with Gasteiger partial charge in [0.2, 0.25) is 0 Å². The standard InChI is InChI=1S/C16H25N3OS/c1-11(2)15-17-12(10-21-15)16(20)19-9-5-7-14(19)13-6-4-8-18(13)3/h10-11,13-14H,4-9H2,1-3H3. The SMILES string of the molecule is CC(C)c1nc(C(=O)N2CCCC2C2CCCN2C)cs1. The first-order valence-electron chi connectivity index (χ1n) is 8.04. The van der Waals surface area contributed by atoms with E-state index in [1.54, 1.807) is 11.3 Å². The summed E-state index contributed by atoms with van der Waals surface area (Å²) in [5, 5.41) is 3.00. The Morgan fingerprint density at radius 3 is 2.62 bits per heavy atom. The molecule has 0 bridgehead atoms. The highest BCUT2D eigenvalue weighted by molar-refractivity contribution is 7.09. The van der Waals surface area contributed by atoms with Crippen molar-refractivity contribution in [2.45, 2.75) is 57.5 Å². The van der Waals surface area contributed by atoms with Gasteiger partial charge in [-0.25, -0.2) is 4.98 Å². The molecular formula is C16H25N3OS. The van der Waals surface area contributed by atoms with E-state index in [4.69, 9.17) is 0 Å². The van der Waals surface area contributed by atoms with E-state index < -0.39 is 0 Å². The summed E-state index contributed by atoms with van der Waals surface area (Å²) < 4.78 is 0. The number of likely N-dealkylation sites (N-methyl/N-ethyl adjacent to an activating group) is 1. The average Bonchev–Trinajstić information content (AvgIpc) is 3.17. The molecule has 0 saturated carbocycles. The summed E-state index contributed by atoms with van der Waals surface area (Å²) in [5.41, 5.74) is 0.649. The van der Waals surface area contributed by atoms with Crippen LogP contribution in [0.1, 0.15) is 60.9 Å². The predicted octanol–water partition coefficient (Wildman–Crippen LogP) is 2.97. The number of carbonyl (C=O) groups excluding carboxylic acids is 1. The molecule has 2 atom stereocenters. The van der Waals surface area contributed by atoms with E-state index in [9.17, 15) is 4.79 Å². The molecule has 2 saturated heterocycles. The molecule has 0 radical (unpaired) electrons. The summed E-state index contributed by atoms with van der Waals surface area (Å²) in [6, 6.07) is 0.925. The summed E-state index contributed by atoms with van der Waals surface area (Å²) >= 11 is 1.61. The van der Waals surface area contributed by atoms with Gasteiger partial charge in [-0.15, -0.1) is 11.3 Å². The van der Waals surface area contributed by atoms with Gasteiger partial charge in [0.05, 0.1) is 5.01 Å². The maximum Gasteiger partial charge on any atom is 0.273 e. The first-order chi connectivity index (χ1) is 10.1. The van der Waals surface area contributed by atoms with Crippen molar-refractivity contribution < 1.29 is 4.79 Å². The highest BCUT2D eigenvalue weighted by Gasteiger charge is 2.39. The summed E-state index contributed by atoms with van der Waals surface area (Å²) in [5.74, 6) is 0.535. The van der Waals surface area contributed by atoms with E-state index in [0.29, 0.717) is 23.7 Å². The van der Waals surface area contributed by atoms with Gasteiger partial charge in [0.15, 0.2) is 0 Å². The number of aromatic nitrogens is 1. The predicted molar refractivity (Wildman–Crippen MR) is 85.9 cm³/mol. The van der Waals surface area contributed by atoms with Crippen molar-refractivity contribution >= 4 is 17.2 Å². The first kappa shape index (κ1) is 15.0. The molecule has 1 aromatic heterocycles. The molecule has 4 nitrogen and oxygen atoms in total. The van der Waals surface area contributed by atoms with Crippen molar-refractivity contribution in [2.24, 2.45) is 0 Å². The molecule has 3 heterocycles. The molecular weight excluding hydrogens is 282 g/mol. The van der Waals surface area contributed by atoms with Crippen molar-refractivity contribution in [2.75, 3.05) is 20.1 Å². The van der Waals surface area contributed by atoms with Gasteiger partial charge in [-0.05, 0) is 39.3 Å². The van der Waals surface area contributed by atoms with Gasteiger partial charge in [0.1, 0.15) is 5.69 Å². The minimum Gasteiger partial charge on any atom is -0.333 e. The molecule has 5 heteroatoms. The van der Waals surface area contributed by atoms with Crippen LogP contribution in [0.2, 0.25) is 0 Å². The van der Waals surface area contributed by atoms with Crippen molar-refractivity contribution in [3.8, 4) is 0 Å². The molecule has 0 aliphatic carbocycles. The molecule has 0 N–H and O–H groups in total. The number of nitrogens with zero attached hydrogens (tertiary/aromatic N) is 3. The Morgan fingerprint density at radius 1 is 1.29 bits per heavy atom. The Balaban J connectivity index is 1.76. The van der Waals surface area contributed by atoms with Crippen LogP contribution in [0, 0.1) is 0 Å². The Labute approximate surface area is 131 Å². The number of amides is 1. The van der Waals surface area contributed by atoms with Crippen LogP contribution < -0.4 is 0 Å². The van der Waals surface area contributed by atoms with Gasteiger partial charge >= 0.3 is 0 Å². The van der Waals surface area contributed by atoms with Gasteiger partial charge in [0.25, 0.3) is 5.91 Å². The topological polar surface area (TPSA) is 36.4 Å². The Bertz CT molecular complexity index is 513. The number of rotatable bonds is 3. The fourth-order valence-electron chi connectivity index (χ4n) is 3.67. The minimum atomic E-state index is 0.140. The van der Waals surface area contributed by atoms with Gasteiger partial charge in [-0.2, -0.15) is 0 Å². The van der Waals surface area contributed by atoms with E-state index in [-0.39, 0.29) is 5.91 Å². The number of likely N-dealkylation sites (tertiary alicyclic amines) is 2. The third kappa shape index (κ3) is 2.86. The molecule has 2 aliphatic rings. The van der Waals surface area contributed by atoms with E-state index in [1.165, 1.54) is 12.8 Å². The lowest BCUT2D eigenvalue weighted by atomic mass is 10.0. The molecule has 1 aromatic rings. The normalized spacial score (nSPS) is 27.0. The average molecular weight is 307 g/mol. The summed E-state index contributed by atoms with van der Waals surface area (Å²) in [6.07, 6.45) is 4.75. The van der Waals surface area contributed by atoms with Gasteiger partial charge in [-0.1, -0.05) is 13.8 Å². The second-order valence-electron chi connectivity index (χ2n) is 6.62. The van der Waals surface area contributed by atoms with E-state index in [1.807, 2.05) is 5.38 Å². The maximum absolute atomic E-state index is 12.8. The van der Waals surface area contributed by atoms with Gasteiger partial charge in [-0.3, -0.25) is 4.79 Å². The summed E-state index contributed by atoms with van der Waals surface area (Å²) in [4.78, 5) is 21.9. The van der Waals surface area contributed by atoms with Gasteiger partial charge < -0.3 is 9.80 Å². The van der Waals surface area contributed by atoms with Crippen LogP contribution in [0.3, 0.4) is 0 Å². The molecule has 116 valence electrons.